The van der Waals surface area contributed by atoms with Crippen molar-refractivity contribution in [3.05, 3.63) is 16.1 Å². The van der Waals surface area contributed by atoms with Crippen molar-refractivity contribution in [1.82, 2.24) is 14.8 Å². The van der Waals surface area contributed by atoms with Crippen molar-refractivity contribution in [2.24, 2.45) is 5.73 Å². The molecular formula is C16H28Cl2N4O2S. The van der Waals surface area contributed by atoms with Crippen LogP contribution in [-0.4, -0.2) is 65.6 Å². The van der Waals surface area contributed by atoms with Gasteiger partial charge in [-0.2, -0.15) is 0 Å². The minimum atomic E-state index is -0.277. The molecule has 2 atom stereocenters. The molecule has 144 valence electrons. The van der Waals surface area contributed by atoms with E-state index in [9.17, 15) is 4.79 Å². The number of aromatic nitrogens is 1. The molecule has 2 N–H and O–H groups in total. The molecule has 2 fully saturated rings. The van der Waals surface area contributed by atoms with Gasteiger partial charge in [0.25, 0.3) is 5.91 Å². The maximum Gasteiger partial charge on any atom is 0.251 e. The lowest BCUT2D eigenvalue weighted by Gasteiger charge is -2.35. The third-order valence-corrected chi connectivity index (χ3v) is 5.66. The summed E-state index contributed by atoms with van der Waals surface area (Å²) >= 11 is 1.73. The Bertz CT molecular complexity index is 538. The average Bonchev–Trinajstić information content (AvgIpc) is 3.24. The van der Waals surface area contributed by atoms with E-state index in [0.29, 0.717) is 6.54 Å². The van der Waals surface area contributed by atoms with Gasteiger partial charge in [0.2, 0.25) is 0 Å². The van der Waals surface area contributed by atoms with Gasteiger partial charge in [0.05, 0.1) is 16.8 Å². The molecule has 3 heterocycles. The average molecular weight is 411 g/mol. The molecule has 6 nitrogen and oxygen atoms in total. The molecule has 0 aromatic carbocycles. The number of nitrogens with two attached hydrogens (primary N) is 1. The molecule has 0 spiro atoms. The standard InChI is InChI=1S/C16H26N4O2S.2ClH/c1-2-15-18-12(11-23-15)10-19-5-7-20(8-6-19)16(21)14-4-3-13(9-17)22-14;;/h11,13-14H,2-10,17H2,1H3;2*1H/t13-,14+;;/m1../s1. The number of amides is 1. The van der Waals surface area contributed by atoms with Crippen molar-refractivity contribution in [2.75, 3.05) is 32.7 Å². The fourth-order valence-corrected chi connectivity index (χ4v) is 3.94. The predicted molar refractivity (Wildman–Crippen MR) is 105 cm³/mol. The highest BCUT2D eigenvalue weighted by Crippen LogP contribution is 2.21. The number of rotatable bonds is 5. The Kier molecular flexibility index (Phi) is 9.62. The van der Waals surface area contributed by atoms with Crippen molar-refractivity contribution in [3.63, 3.8) is 0 Å². The summed E-state index contributed by atoms with van der Waals surface area (Å²) in [4.78, 5) is 21.4. The maximum atomic E-state index is 12.5. The highest BCUT2D eigenvalue weighted by atomic mass is 35.5. The van der Waals surface area contributed by atoms with E-state index in [0.717, 1.165) is 57.7 Å². The Labute approximate surface area is 165 Å². The minimum absolute atomic E-state index is 0. The van der Waals surface area contributed by atoms with Crippen LogP contribution in [0.25, 0.3) is 0 Å². The molecule has 1 aromatic rings. The van der Waals surface area contributed by atoms with Crippen molar-refractivity contribution in [3.8, 4) is 0 Å². The number of thiazole rings is 1. The van der Waals surface area contributed by atoms with Gasteiger partial charge in [-0.15, -0.1) is 36.2 Å². The summed E-state index contributed by atoms with van der Waals surface area (Å²) in [5.41, 5.74) is 6.77. The number of carbonyl (C=O) groups is 1. The van der Waals surface area contributed by atoms with Crippen LogP contribution in [0.1, 0.15) is 30.5 Å². The normalized spacial score (nSPS) is 23.8. The molecular weight excluding hydrogens is 383 g/mol. The Balaban J connectivity index is 0.00000156. The molecule has 0 saturated carbocycles. The Morgan fingerprint density at radius 1 is 1.32 bits per heavy atom. The lowest BCUT2D eigenvalue weighted by atomic mass is 10.1. The molecule has 0 aliphatic carbocycles. The van der Waals surface area contributed by atoms with Crippen LogP contribution in [0, 0.1) is 0 Å². The van der Waals surface area contributed by atoms with Crippen LogP contribution in [0.4, 0.5) is 0 Å². The van der Waals surface area contributed by atoms with Crippen molar-refractivity contribution < 1.29 is 9.53 Å². The number of ether oxygens (including phenoxy) is 1. The third kappa shape index (κ3) is 5.77. The zero-order valence-corrected chi connectivity index (χ0v) is 17.0. The fourth-order valence-electron chi connectivity index (χ4n) is 3.20. The number of hydrogen-bond donors (Lipinski definition) is 1. The predicted octanol–water partition coefficient (Wildman–Crippen LogP) is 1.70. The molecule has 2 saturated heterocycles. The number of nitrogens with zero attached hydrogens (tertiary/aromatic N) is 3. The van der Waals surface area contributed by atoms with Crippen LogP contribution in [0.2, 0.25) is 0 Å². The summed E-state index contributed by atoms with van der Waals surface area (Å²) in [6.07, 6.45) is 2.48. The zero-order chi connectivity index (χ0) is 16.2. The highest BCUT2D eigenvalue weighted by Gasteiger charge is 2.34. The van der Waals surface area contributed by atoms with E-state index >= 15 is 0 Å². The summed E-state index contributed by atoms with van der Waals surface area (Å²) < 4.78 is 5.72. The van der Waals surface area contributed by atoms with Gasteiger partial charge in [-0.25, -0.2) is 4.98 Å². The van der Waals surface area contributed by atoms with Crippen LogP contribution in [0.3, 0.4) is 0 Å². The van der Waals surface area contributed by atoms with Gasteiger partial charge in [0, 0.05) is 44.6 Å². The number of carbonyl (C=O) groups excluding carboxylic acids is 1. The van der Waals surface area contributed by atoms with Gasteiger partial charge in [0.15, 0.2) is 0 Å². The third-order valence-electron chi connectivity index (χ3n) is 4.62. The molecule has 0 bridgehead atoms. The second-order valence-electron chi connectivity index (χ2n) is 6.25. The second-order valence-corrected chi connectivity index (χ2v) is 7.19. The summed E-state index contributed by atoms with van der Waals surface area (Å²) in [6.45, 7) is 6.87. The summed E-state index contributed by atoms with van der Waals surface area (Å²) in [5.74, 6) is 0.141. The number of aryl methyl sites for hydroxylation is 1. The van der Waals surface area contributed by atoms with Gasteiger partial charge in [-0.1, -0.05) is 6.92 Å². The summed E-state index contributed by atoms with van der Waals surface area (Å²) in [7, 11) is 0. The molecule has 25 heavy (non-hydrogen) atoms. The molecule has 9 heteroatoms. The molecule has 0 unspecified atom stereocenters. The Morgan fingerprint density at radius 3 is 2.60 bits per heavy atom. The molecule has 3 rings (SSSR count). The van der Waals surface area contributed by atoms with E-state index < -0.39 is 0 Å². The van der Waals surface area contributed by atoms with Gasteiger partial charge >= 0.3 is 0 Å². The first-order valence-corrected chi connectivity index (χ1v) is 9.37. The van der Waals surface area contributed by atoms with Crippen molar-refractivity contribution >= 4 is 42.1 Å². The maximum absolute atomic E-state index is 12.5. The van der Waals surface area contributed by atoms with Gasteiger partial charge in [0.1, 0.15) is 6.10 Å². The second kappa shape index (κ2) is 10.6. The lowest BCUT2D eigenvalue weighted by Crippen LogP contribution is -2.51. The first-order chi connectivity index (χ1) is 11.2. The highest BCUT2D eigenvalue weighted by molar-refractivity contribution is 7.09. The van der Waals surface area contributed by atoms with Gasteiger partial charge < -0.3 is 15.4 Å². The lowest BCUT2D eigenvalue weighted by molar-refractivity contribution is -0.144. The number of halogens is 2. The van der Waals surface area contributed by atoms with Crippen LogP contribution < -0.4 is 5.73 Å². The monoisotopic (exact) mass is 410 g/mol. The molecule has 2 aliphatic rings. The van der Waals surface area contributed by atoms with Crippen LogP contribution >= 0.6 is 36.2 Å². The zero-order valence-electron chi connectivity index (χ0n) is 14.6. The molecule has 2 aliphatic heterocycles. The quantitative estimate of drug-likeness (QED) is 0.799. The number of hydrogen-bond acceptors (Lipinski definition) is 6. The molecule has 0 radical (unpaired) electrons. The smallest absolute Gasteiger partial charge is 0.251 e. The van der Waals surface area contributed by atoms with E-state index in [-0.39, 0.29) is 42.9 Å². The van der Waals surface area contributed by atoms with Crippen LogP contribution in [-0.2, 0) is 22.5 Å². The van der Waals surface area contributed by atoms with Crippen LogP contribution in [0.15, 0.2) is 5.38 Å². The summed E-state index contributed by atoms with van der Waals surface area (Å²) in [5, 5.41) is 3.34. The van der Waals surface area contributed by atoms with E-state index in [2.05, 4.69) is 22.2 Å². The van der Waals surface area contributed by atoms with E-state index in [4.69, 9.17) is 10.5 Å². The molecule has 1 aromatic heterocycles. The summed E-state index contributed by atoms with van der Waals surface area (Å²) in [6, 6.07) is 0. The van der Waals surface area contributed by atoms with E-state index in [1.807, 2.05) is 4.90 Å². The fraction of sp³-hybridized carbons (Fsp3) is 0.750. The topological polar surface area (TPSA) is 71.7 Å². The molecule has 1 amide bonds. The van der Waals surface area contributed by atoms with Gasteiger partial charge in [-0.05, 0) is 19.3 Å². The van der Waals surface area contributed by atoms with Crippen molar-refractivity contribution in [1.29, 1.82) is 0 Å². The van der Waals surface area contributed by atoms with E-state index in [1.165, 1.54) is 5.01 Å². The SMILES string of the molecule is CCc1nc(CN2CCN(C(=O)[C@@H]3CC[C@H](CN)O3)CC2)cs1.Cl.Cl. The first-order valence-electron chi connectivity index (χ1n) is 8.49. The number of piperazine rings is 1. The van der Waals surface area contributed by atoms with Crippen LogP contribution in [0.5, 0.6) is 0 Å². The van der Waals surface area contributed by atoms with Crippen molar-refractivity contribution in [2.45, 2.75) is 44.9 Å². The Morgan fingerprint density at radius 2 is 2.04 bits per heavy atom. The minimum Gasteiger partial charge on any atom is -0.364 e. The Hall–Kier alpha value is -0.440. The largest absolute Gasteiger partial charge is 0.364 e. The first kappa shape index (κ1) is 22.6. The van der Waals surface area contributed by atoms with E-state index in [1.54, 1.807) is 11.3 Å². The van der Waals surface area contributed by atoms with Gasteiger partial charge in [-0.3, -0.25) is 9.69 Å².